The van der Waals surface area contributed by atoms with Crippen molar-refractivity contribution in [3.63, 3.8) is 0 Å². The van der Waals surface area contributed by atoms with Gasteiger partial charge >= 0.3 is 6.18 Å². The number of carbonyl (C=O) groups is 1. The molecule has 1 aromatic carbocycles. The molecule has 116 valence electrons. The molecule has 0 unspecified atom stereocenters. The zero-order valence-corrected chi connectivity index (χ0v) is 11.9. The van der Waals surface area contributed by atoms with Gasteiger partial charge in [-0.1, -0.05) is 17.7 Å². The average molecular weight is 301 g/mol. The molecule has 2 rings (SSSR count). The molecule has 1 heterocycles. The highest BCUT2D eigenvalue weighted by molar-refractivity contribution is 5.94. The molecule has 0 bridgehead atoms. The van der Waals surface area contributed by atoms with Crippen LogP contribution in [0.1, 0.15) is 24.0 Å². The van der Waals surface area contributed by atoms with Gasteiger partial charge in [-0.15, -0.1) is 0 Å². The smallest absolute Gasteiger partial charge is 0.372 e. The van der Waals surface area contributed by atoms with Gasteiger partial charge in [-0.25, -0.2) is 0 Å². The maximum Gasteiger partial charge on any atom is 0.411 e. The Hall–Kier alpha value is -1.56. The predicted octanol–water partition coefficient (Wildman–Crippen LogP) is 3.24. The number of hydrogen-bond donors (Lipinski definition) is 0. The Morgan fingerprint density at radius 2 is 2.14 bits per heavy atom. The van der Waals surface area contributed by atoms with Gasteiger partial charge in [0.2, 0.25) is 5.91 Å². The van der Waals surface area contributed by atoms with Crippen LogP contribution in [0.5, 0.6) is 0 Å². The van der Waals surface area contributed by atoms with Crippen molar-refractivity contribution in [2.24, 2.45) is 0 Å². The van der Waals surface area contributed by atoms with Crippen molar-refractivity contribution in [2.75, 3.05) is 24.7 Å². The van der Waals surface area contributed by atoms with Crippen LogP contribution >= 0.6 is 0 Å². The van der Waals surface area contributed by atoms with Gasteiger partial charge in [0.1, 0.15) is 6.61 Å². The minimum atomic E-state index is -4.35. The van der Waals surface area contributed by atoms with Crippen molar-refractivity contribution in [3.8, 4) is 0 Å². The van der Waals surface area contributed by atoms with E-state index in [0.29, 0.717) is 6.54 Å². The lowest BCUT2D eigenvalue weighted by molar-refractivity contribution is -0.174. The summed E-state index contributed by atoms with van der Waals surface area (Å²) in [7, 11) is 0. The van der Waals surface area contributed by atoms with E-state index in [1.807, 2.05) is 19.1 Å². The number of anilines is 1. The predicted molar refractivity (Wildman–Crippen MR) is 73.3 cm³/mol. The third-order valence-electron chi connectivity index (χ3n) is 3.38. The van der Waals surface area contributed by atoms with E-state index in [2.05, 4.69) is 10.8 Å². The molecule has 0 aromatic heterocycles. The molecule has 0 radical (unpaired) electrons. The number of aryl methyl sites for hydroxylation is 2. The third-order valence-corrected chi connectivity index (χ3v) is 3.38. The highest BCUT2D eigenvalue weighted by Gasteiger charge is 2.28. The summed E-state index contributed by atoms with van der Waals surface area (Å²) in [5, 5.41) is 0. The number of nitrogens with zero attached hydrogens (tertiary/aromatic N) is 1. The zero-order valence-electron chi connectivity index (χ0n) is 11.9. The van der Waals surface area contributed by atoms with E-state index in [4.69, 9.17) is 0 Å². The standard InChI is InChI=1S/C15H18F3NO2/c1-11-4-5-13-12(9-11)3-2-7-19(13)14(20)6-8-21-10-15(16,17)18/h4-5,9H,2-3,6-8,10H2,1H3. The number of alkyl halides is 3. The first-order chi connectivity index (χ1) is 9.87. The van der Waals surface area contributed by atoms with E-state index in [1.165, 1.54) is 0 Å². The van der Waals surface area contributed by atoms with Gasteiger partial charge in [0.15, 0.2) is 0 Å². The largest absolute Gasteiger partial charge is 0.411 e. The summed E-state index contributed by atoms with van der Waals surface area (Å²) in [5.74, 6) is -0.193. The Balaban J connectivity index is 1.92. The van der Waals surface area contributed by atoms with Crippen LogP contribution in [0.4, 0.5) is 18.9 Å². The first-order valence-electron chi connectivity index (χ1n) is 6.91. The summed E-state index contributed by atoms with van der Waals surface area (Å²) >= 11 is 0. The Morgan fingerprint density at radius 3 is 2.86 bits per heavy atom. The fraction of sp³-hybridized carbons (Fsp3) is 0.533. The lowest BCUT2D eigenvalue weighted by Crippen LogP contribution is -2.36. The molecule has 1 amide bonds. The molecule has 21 heavy (non-hydrogen) atoms. The Bertz CT molecular complexity index is 514. The summed E-state index contributed by atoms with van der Waals surface area (Å²) in [5.41, 5.74) is 3.12. The SMILES string of the molecule is Cc1ccc2c(c1)CCCN2C(=O)CCOCC(F)(F)F. The van der Waals surface area contributed by atoms with E-state index < -0.39 is 12.8 Å². The molecule has 0 saturated carbocycles. The highest BCUT2D eigenvalue weighted by atomic mass is 19.4. The van der Waals surface area contributed by atoms with Crippen molar-refractivity contribution in [2.45, 2.75) is 32.4 Å². The highest BCUT2D eigenvalue weighted by Crippen LogP contribution is 2.28. The second-order valence-corrected chi connectivity index (χ2v) is 5.20. The summed E-state index contributed by atoms with van der Waals surface area (Å²) in [4.78, 5) is 13.8. The molecule has 3 nitrogen and oxygen atoms in total. The number of amides is 1. The van der Waals surface area contributed by atoms with Gasteiger partial charge in [0.05, 0.1) is 13.0 Å². The van der Waals surface area contributed by atoms with Gasteiger partial charge in [0, 0.05) is 12.2 Å². The molecular formula is C15H18F3NO2. The van der Waals surface area contributed by atoms with E-state index in [1.54, 1.807) is 4.90 Å². The van der Waals surface area contributed by atoms with E-state index >= 15 is 0 Å². The molecule has 1 aliphatic heterocycles. The van der Waals surface area contributed by atoms with Crippen molar-refractivity contribution >= 4 is 11.6 Å². The number of hydrogen-bond acceptors (Lipinski definition) is 2. The number of carbonyl (C=O) groups excluding carboxylic acids is 1. The lowest BCUT2D eigenvalue weighted by Gasteiger charge is -2.30. The molecule has 0 N–H and O–H groups in total. The van der Waals surface area contributed by atoms with Gasteiger partial charge in [0.25, 0.3) is 0 Å². The molecule has 0 atom stereocenters. The van der Waals surface area contributed by atoms with Crippen LogP contribution in [0.3, 0.4) is 0 Å². The minimum Gasteiger partial charge on any atom is -0.372 e. The van der Waals surface area contributed by atoms with Crippen LogP contribution in [0, 0.1) is 6.92 Å². The quantitative estimate of drug-likeness (QED) is 0.799. The van der Waals surface area contributed by atoms with Crippen molar-refractivity contribution < 1.29 is 22.7 Å². The molecule has 0 spiro atoms. The molecule has 0 aliphatic carbocycles. The number of halogens is 3. The normalized spacial score (nSPS) is 15.0. The first-order valence-corrected chi connectivity index (χ1v) is 6.91. The van der Waals surface area contributed by atoms with Crippen LogP contribution in [0.15, 0.2) is 18.2 Å². The summed E-state index contributed by atoms with van der Waals surface area (Å²) in [6, 6.07) is 5.89. The van der Waals surface area contributed by atoms with Crippen molar-refractivity contribution in [1.82, 2.24) is 0 Å². The Kier molecular flexibility index (Phi) is 4.88. The minimum absolute atomic E-state index is 0.0383. The molecular weight excluding hydrogens is 283 g/mol. The van der Waals surface area contributed by atoms with E-state index in [-0.39, 0.29) is 18.9 Å². The van der Waals surface area contributed by atoms with Crippen LogP contribution in [-0.4, -0.2) is 31.8 Å². The van der Waals surface area contributed by atoms with E-state index in [0.717, 1.165) is 29.7 Å². The zero-order chi connectivity index (χ0) is 15.5. The molecule has 0 fully saturated rings. The fourth-order valence-corrected chi connectivity index (χ4v) is 2.47. The monoisotopic (exact) mass is 301 g/mol. The van der Waals surface area contributed by atoms with Crippen LogP contribution in [-0.2, 0) is 16.0 Å². The fourth-order valence-electron chi connectivity index (χ4n) is 2.47. The number of fused-ring (bicyclic) bond motifs is 1. The average Bonchev–Trinajstić information content (AvgIpc) is 2.41. The van der Waals surface area contributed by atoms with Crippen LogP contribution in [0.25, 0.3) is 0 Å². The van der Waals surface area contributed by atoms with Gasteiger partial charge in [-0.3, -0.25) is 4.79 Å². The van der Waals surface area contributed by atoms with Crippen LogP contribution in [0.2, 0.25) is 0 Å². The van der Waals surface area contributed by atoms with E-state index in [9.17, 15) is 18.0 Å². The van der Waals surface area contributed by atoms with Gasteiger partial charge in [-0.05, 0) is 31.4 Å². The molecule has 6 heteroatoms. The molecule has 1 aromatic rings. The maximum atomic E-state index is 12.1. The van der Waals surface area contributed by atoms with Crippen LogP contribution < -0.4 is 4.90 Å². The summed E-state index contributed by atoms with van der Waals surface area (Å²) < 4.78 is 40.3. The number of rotatable bonds is 4. The second kappa shape index (κ2) is 6.47. The van der Waals surface area contributed by atoms with Crippen molar-refractivity contribution in [3.05, 3.63) is 29.3 Å². The summed E-state index contributed by atoms with van der Waals surface area (Å²) in [6.45, 7) is 1.08. The summed E-state index contributed by atoms with van der Waals surface area (Å²) in [6.07, 6.45) is -2.60. The number of benzene rings is 1. The maximum absolute atomic E-state index is 12.1. The van der Waals surface area contributed by atoms with Gasteiger partial charge in [-0.2, -0.15) is 13.2 Å². The molecule has 1 aliphatic rings. The lowest BCUT2D eigenvalue weighted by atomic mass is 9.99. The Labute approximate surface area is 121 Å². The Morgan fingerprint density at radius 1 is 1.38 bits per heavy atom. The second-order valence-electron chi connectivity index (χ2n) is 5.20. The third kappa shape index (κ3) is 4.46. The van der Waals surface area contributed by atoms with Gasteiger partial charge < -0.3 is 9.64 Å². The topological polar surface area (TPSA) is 29.5 Å². The van der Waals surface area contributed by atoms with Crippen molar-refractivity contribution in [1.29, 1.82) is 0 Å². The number of ether oxygens (including phenoxy) is 1. The molecule has 0 saturated heterocycles. The first kappa shape index (κ1) is 15.8.